The lowest BCUT2D eigenvalue weighted by molar-refractivity contribution is -0.118. The topological polar surface area (TPSA) is 68.0 Å². The van der Waals surface area contributed by atoms with Crippen molar-refractivity contribution in [2.24, 2.45) is 5.92 Å². The molecule has 0 unspecified atom stereocenters. The summed E-state index contributed by atoms with van der Waals surface area (Å²) in [5.74, 6) is 0.793. The van der Waals surface area contributed by atoms with E-state index in [1.54, 1.807) is 18.2 Å². The van der Waals surface area contributed by atoms with Gasteiger partial charge in [0.15, 0.2) is 0 Å². The fourth-order valence-corrected chi connectivity index (χ4v) is 0.792. The third-order valence-corrected chi connectivity index (χ3v) is 1.55. The molecule has 1 aromatic heterocycles. The number of carbonyl (C=O) groups excluding carboxylic acids is 1. The molecular weight excluding hydrogens is 166 g/mol. The predicted molar refractivity (Wildman–Crippen MR) is 52.1 cm³/mol. The number of aromatic nitrogens is 1. The first-order valence-electron chi connectivity index (χ1n) is 4.13. The molecule has 0 fully saturated rings. The number of hydrogen-bond acceptors (Lipinski definition) is 3. The molecule has 1 aromatic rings. The second-order valence-corrected chi connectivity index (χ2v) is 3.09. The zero-order valence-corrected chi connectivity index (χ0v) is 7.74. The summed E-state index contributed by atoms with van der Waals surface area (Å²) < 4.78 is 0. The van der Waals surface area contributed by atoms with Gasteiger partial charge >= 0.3 is 0 Å². The Hall–Kier alpha value is -1.58. The van der Waals surface area contributed by atoms with E-state index >= 15 is 0 Å². The Labute approximate surface area is 77.2 Å². The monoisotopic (exact) mass is 179 g/mol. The number of rotatable bonds is 2. The first-order chi connectivity index (χ1) is 6.09. The highest BCUT2D eigenvalue weighted by Crippen LogP contribution is 2.07. The highest BCUT2D eigenvalue weighted by atomic mass is 16.1. The van der Waals surface area contributed by atoms with Gasteiger partial charge in [-0.3, -0.25) is 4.79 Å². The van der Waals surface area contributed by atoms with E-state index in [1.165, 1.54) is 0 Å². The van der Waals surface area contributed by atoms with Crippen molar-refractivity contribution in [2.75, 3.05) is 11.1 Å². The van der Waals surface area contributed by atoms with Gasteiger partial charge in [-0.05, 0) is 12.1 Å². The Morgan fingerprint density at radius 1 is 1.54 bits per heavy atom. The maximum absolute atomic E-state index is 11.2. The second-order valence-electron chi connectivity index (χ2n) is 3.09. The lowest BCUT2D eigenvalue weighted by Gasteiger charge is -2.06. The van der Waals surface area contributed by atoms with Crippen molar-refractivity contribution in [1.82, 2.24) is 4.98 Å². The van der Waals surface area contributed by atoms with E-state index in [0.717, 1.165) is 0 Å². The van der Waals surface area contributed by atoms with Crippen molar-refractivity contribution in [1.29, 1.82) is 0 Å². The molecule has 0 saturated heterocycles. The fraction of sp³-hybridized carbons (Fsp3) is 0.333. The van der Waals surface area contributed by atoms with E-state index in [2.05, 4.69) is 10.3 Å². The molecule has 0 radical (unpaired) electrons. The number of anilines is 2. The fourth-order valence-electron chi connectivity index (χ4n) is 0.792. The summed E-state index contributed by atoms with van der Waals surface area (Å²) in [6.45, 7) is 3.64. The molecule has 0 spiro atoms. The van der Waals surface area contributed by atoms with E-state index in [-0.39, 0.29) is 11.8 Å². The number of carbonyl (C=O) groups is 1. The lowest BCUT2D eigenvalue weighted by Crippen LogP contribution is -2.18. The van der Waals surface area contributed by atoms with Crippen molar-refractivity contribution in [3.05, 3.63) is 18.2 Å². The molecule has 0 aliphatic rings. The van der Waals surface area contributed by atoms with E-state index in [4.69, 9.17) is 5.73 Å². The van der Waals surface area contributed by atoms with Crippen LogP contribution in [0.15, 0.2) is 18.2 Å². The Balaban J connectivity index is 2.69. The normalized spacial score (nSPS) is 10.1. The van der Waals surface area contributed by atoms with Crippen molar-refractivity contribution in [2.45, 2.75) is 13.8 Å². The largest absolute Gasteiger partial charge is 0.384 e. The van der Waals surface area contributed by atoms with Gasteiger partial charge in [-0.25, -0.2) is 4.98 Å². The highest BCUT2D eigenvalue weighted by molar-refractivity contribution is 5.91. The van der Waals surface area contributed by atoms with Crippen LogP contribution in [0.4, 0.5) is 11.6 Å². The summed E-state index contributed by atoms with van der Waals surface area (Å²) >= 11 is 0. The maximum Gasteiger partial charge on any atom is 0.228 e. The third kappa shape index (κ3) is 2.74. The van der Waals surface area contributed by atoms with Gasteiger partial charge < -0.3 is 11.1 Å². The summed E-state index contributed by atoms with van der Waals surface area (Å²) in [5.41, 5.74) is 5.45. The van der Waals surface area contributed by atoms with Crippen LogP contribution in [0.1, 0.15) is 13.8 Å². The van der Waals surface area contributed by atoms with Crippen LogP contribution in [0, 0.1) is 5.92 Å². The van der Waals surface area contributed by atoms with Crippen LogP contribution < -0.4 is 11.1 Å². The first kappa shape index (κ1) is 9.51. The highest BCUT2D eigenvalue weighted by Gasteiger charge is 2.07. The summed E-state index contributed by atoms with van der Waals surface area (Å²) in [4.78, 5) is 15.2. The van der Waals surface area contributed by atoms with E-state index in [0.29, 0.717) is 11.6 Å². The first-order valence-corrected chi connectivity index (χ1v) is 4.13. The number of hydrogen-bond donors (Lipinski definition) is 2. The molecule has 0 aliphatic heterocycles. The number of pyridine rings is 1. The number of nitrogens with two attached hydrogens (primary N) is 1. The van der Waals surface area contributed by atoms with Gasteiger partial charge in [-0.15, -0.1) is 0 Å². The minimum absolute atomic E-state index is 0.0526. The van der Waals surface area contributed by atoms with Gasteiger partial charge in [0.1, 0.15) is 11.6 Å². The van der Waals surface area contributed by atoms with Gasteiger partial charge in [0.2, 0.25) is 5.91 Å². The Kier molecular flexibility index (Phi) is 2.84. The summed E-state index contributed by atoms with van der Waals surface area (Å²) in [6, 6.07) is 5.12. The van der Waals surface area contributed by atoms with E-state index < -0.39 is 0 Å². The minimum Gasteiger partial charge on any atom is -0.384 e. The number of nitrogen functional groups attached to an aromatic ring is 1. The molecule has 0 aliphatic carbocycles. The molecule has 3 N–H and O–H groups in total. The standard InChI is InChI=1S/C9H13N3O/c1-6(2)9(13)12-8-5-3-4-7(10)11-8/h3-6H,1-2H3,(H3,10,11,12,13). The molecular formula is C9H13N3O. The molecule has 0 saturated carbocycles. The minimum atomic E-state index is -0.0573. The Morgan fingerprint density at radius 2 is 2.23 bits per heavy atom. The molecule has 0 bridgehead atoms. The van der Waals surface area contributed by atoms with Gasteiger partial charge in [0.25, 0.3) is 0 Å². The molecule has 4 nitrogen and oxygen atoms in total. The van der Waals surface area contributed by atoms with Gasteiger partial charge in [-0.1, -0.05) is 19.9 Å². The van der Waals surface area contributed by atoms with Crippen molar-refractivity contribution in [3.63, 3.8) is 0 Å². The predicted octanol–water partition coefficient (Wildman–Crippen LogP) is 1.26. The third-order valence-electron chi connectivity index (χ3n) is 1.55. The zero-order valence-electron chi connectivity index (χ0n) is 7.74. The van der Waals surface area contributed by atoms with Crippen LogP contribution in [0.3, 0.4) is 0 Å². The van der Waals surface area contributed by atoms with Crippen LogP contribution in [0.2, 0.25) is 0 Å². The van der Waals surface area contributed by atoms with Gasteiger partial charge in [0, 0.05) is 5.92 Å². The van der Waals surface area contributed by atoms with Crippen LogP contribution >= 0.6 is 0 Å². The summed E-state index contributed by atoms with van der Waals surface area (Å²) in [7, 11) is 0. The average molecular weight is 179 g/mol. The van der Waals surface area contributed by atoms with Crippen molar-refractivity contribution in [3.8, 4) is 0 Å². The number of nitrogens with zero attached hydrogens (tertiary/aromatic N) is 1. The van der Waals surface area contributed by atoms with Crippen molar-refractivity contribution >= 4 is 17.5 Å². The molecule has 1 heterocycles. The Bertz CT molecular complexity index is 309. The van der Waals surface area contributed by atoms with Gasteiger partial charge in [-0.2, -0.15) is 0 Å². The van der Waals surface area contributed by atoms with Crippen LogP contribution in [-0.4, -0.2) is 10.9 Å². The maximum atomic E-state index is 11.2. The quantitative estimate of drug-likeness (QED) is 0.718. The smallest absolute Gasteiger partial charge is 0.228 e. The van der Waals surface area contributed by atoms with E-state index in [9.17, 15) is 4.79 Å². The van der Waals surface area contributed by atoms with Crippen molar-refractivity contribution < 1.29 is 4.79 Å². The Morgan fingerprint density at radius 3 is 2.77 bits per heavy atom. The molecule has 1 rings (SSSR count). The zero-order chi connectivity index (χ0) is 9.84. The van der Waals surface area contributed by atoms with Gasteiger partial charge in [0.05, 0.1) is 0 Å². The summed E-state index contributed by atoms with van der Waals surface area (Å²) in [6.07, 6.45) is 0. The average Bonchev–Trinajstić information content (AvgIpc) is 2.04. The number of amides is 1. The molecule has 70 valence electrons. The molecule has 13 heavy (non-hydrogen) atoms. The second kappa shape index (κ2) is 3.89. The van der Waals surface area contributed by atoms with E-state index in [1.807, 2.05) is 13.8 Å². The molecule has 0 atom stereocenters. The SMILES string of the molecule is CC(C)C(=O)Nc1cccc(N)n1. The molecule has 4 heteroatoms. The molecule has 1 amide bonds. The number of nitrogens with one attached hydrogen (secondary N) is 1. The molecule has 0 aromatic carbocycles. The lowest BCUT2D eigenvalue weighted by atomic mass is 10.2. The van der Waals surface area contributed by atoms with Crippen LogP contribution in [0.5, 0.6) is 0 Å². The van der Waals surface area contributed by atoms with Crippen LogP contribution in [0.25, 0.3) is 0 Å². The summed E-state index contributed by atoms with van der Waals surface area (Å²) in [5, 5.41) is 2.65. The van der Waals surface area contributed by atoms with Crippen LogP contribution in [-0.2, 0) is 4.79 Å².